The Labute approximate surface area is 114 Å². The van der Waals surface area contributed by atoms with Gasteiger partial charge in [-0.3, -0.25) is 4.68 Å². The number of aromatic nitrogens is 5. The summed E-state index contributed by atoms with van der Waals surface area (Å²) in [5.74, 6) is 0.506. The summed E-state index contributed by atoms with van der Waals surface area (Å²) in [7, 11) is 1.94. The van der Waals surface area contributed by atoms with E-state index in [0.717, 1.165) is 34.4 Å². The van der Waals surface area contributed by atoms with Crippen LogP contribution in [-0.4, -0.2) is 24.8 Å². The molecule has 6 nitrogen and oxygen atoms in total. The lowest BCUT2D eigenvalue weighted by atomic mass is 10.3. The number of hydrogen-bond donors (Lipinski definition) is 1. The van der Waals surface area contributed by atoms with Crippen molar-refractivity contribution < 1.29 is 0 Å². The van der Waals surface area contributed by atoms with Gasteiger partial charge in [-0.25, -0.2) is 4.68 Å². The second-order valence-electron chi connectivity index (χ2n) is 4.12. The lowest BCUT2D eigenvalue weighted by Crippen LogP contribution is -2.10. The Kier molecular flexibility index (Phi) is 3.70. The maximum absolute atomic E-state index is 5.78. The van der Waals surface area contributed by atoms with E-state index in [1.807, 2.05) is 23.3 Å². The molecule has 18 heavy (non-hydrogen) atoms. The molecule has 0 amide bonds. The van der Waals surface area contributed by atoms with Crippen LogP contribution in [0.25, 0.3) is 0 Å². The normalized spacial score (nSPS) is 11.1. The molecular formula is C11H17BrN6. The fraction of sp³-hybridized carbons (Fsp3) is 0.545. The second kappa shape index (κ2) is 5.09. The van der Waals surface area contributed by atoms with E-state index in [1.165, 1.54) is 0 Å². The highest BCUT2D eigenvalue weighted by Gasteiger charge is 2.16. The van der Waals surface area contributed by atoms with Gasteiger partial charge < -0.3 is 5.73 Å². The van der Waals surface area contributed by atoms with E-state index in [4.69, 9.17) is 5.73 Å². The molecule has 2 heterocycles. The highest BCUT2D eigenvalue weighted by Crippen LogP contribution is 2.23. The van der Waals surface area contributed by atoms with Crippen molar-refractivity contribution in [2.45, 2.75) is 33.2 Å². The van der Waals surface area contributed by atoms with Crippen molar-refractivity contribution in [3.63, 3.8) is 0 Å². The molecule has 7 heteroatoms. The monoisotopic (exact) mass is 312 g/mol. The Bertz CT molecular complexity index is 556. The van der Waals surface area contributed by atoms with Crippen molar-refractivity contribution >= 4 is 21.7 Å². The molecule has 0 aromatic carbocycles. The van der Waals surface area contributed by atoms with Gasteiger partial charge in [-0.15, -0.1) is 5.10 Å². The number of nitrogens with two attached hydrogens (primary N) is 1. The molecule has 0 aliphatic rings. The zero-order chi connectivity index (χ0) is 13.3. The third kappa shape index (κ3) is 2.14. The van der Waals surface area contributed by atoms with Gasteiger partial charge in [0.2, 0.25) is 0 Å². The summed E-state index contributed by atoms with van der Waals surface area (Å²) < 4.78 is 4.75. The summed E-state index contributed by atoms with van der Waals surface area (Å²) in [5, 5.41) is 12.5. The number of rotatable bonds is 4. The second-order valence-corrected chi connectivity index (χ2v) is 4.91. The van der Waals surface area contributed by atoms with E-state index in [2.05, 4.69) is 38.3 Å². The molecule has 2 aromatic heterocycles. The molecular weight excluding hydrogens is 296 g/mol. The van der Waals surface area contributed by atoms with Gasteiger partial charge >= 0.3 is 0 Å². The fourth-order valence-corrected chi connectivity index (χ4v) is 2.71. The summed E-state index contributed by atoms with van der Waals surface area (Å²) in [6.07, 6.45) is 1.71. The number of anilines is 1. The average molecular weight is 313 g/mol. The Morgan fingerprint density at radius 2 is 1.94 bits per heavy atom. The van der Waals surface area contributed by atoms with Gasteiger partial charge in [0.25, 0.3) is 0 Å². The Morgan fingerprint density at radius 1 is 1.22 bits per heavy atom. The first-order valence-electron chi connectivity index (χ1n) is 5.96. The third-order valence-corrected chi connectivity index (χ3v) is 3.92. The van der Waals surface area contributed by atoms with Crippen LogP contribution in [0.1, 0.15) is 30.9 Å². The maximum atomic E-state index is 5.78. The Balaban J connectivity index is 2.37. The van der Waals surface area contributed by atoms with Gasteiger partial charge in [0, 0.05) is 7.05 Å². The molecule has 0 spiro atoms. The Morgan fingerprint density at radius 3 is 2.50 bits per heavy atom. The van der Waals surface area contributed by atoms with E-state index in [1.54, 1.807) is 0 Å². The largest absolute Gasteiger partial charge is 0.381 e. The zero-order valence-electron chi connectivity index (χ0n) is 10.8. The number of halogens is 1. The molecule has 0 saturated carbocycles. The number of nitrogens with zero attached hydrogens (tertiary/aromatic N) is 5. The molecule has 0 aliphatic carbocycles. The summed E-state index contributed by atoms with van der Waals surface area (Å²) in [6.45, 7) is 4.75. The topological polar surface area (TPSA) is 74.5 Å². The third-order valence-electron chi connectivity index (χ3n) is 3.01. The lowest BCUT2D eigenvalue weighted by molar-refractivity contribution is 0.579. The van der Waals surface area contributed by atoms with Crippen molar-refractivity contribution in [1.29, 1.82) is 0 Å². The highest BCUT2D eigenvalue weighted by molar-refractivity contribution is 9.10. The minimum atomic E-state index is 0.506. The minimum absolute atomic E-state index is 0.506. The molecule has 0 aliphatic heterocycles. The molecule has 2 N–H and O–H groups in total. The summed E-state index contributed by atoms with van der Waals surface area (Å²) in [6, 6.07) is 0. The van der Waals surface area contributed by atoms with Gasteiger partial charge in [0.1, 0.15) is 0 Å². The van der Waals surface area contributed by atoms with Crippen LogP contribution in [0.5, 0.6) is 0 Å². The molecule has 0 fully saturated rings. The lowest BCUT2D eigenvalue weighted by Gasteiger charge is -2.06. The van der Waals surface area contributed by atoms with E-state index in [-0.39, 0.29) is 0 Å². The van der Waals surface area contributed by atoms with Gasteiger partial charge in [0.05, 0.1) is 28.1 Å². The van der Waals surface area contributed by atoms with Crippen molar-refractivity contribution in [2.24, 2.45) is 7.05 Å². The van der Waals surface area contributed by atoms with Crippen molar-refractivity contribution in [2.75, 3.05) is 5.73 Å². The predicted molar refractivity (Wildman–Crippen MR) is 73.2 cm³/mol. The Hall–Kier alpha value is -1.37. The maximum Gasteiger partial charge on any atom is 0.169 e. The average Bonchev–Trinajstić information content (AvgIpc) is 2.84. The quantitative estimate of drug-likeness (QED) is 0.929. The molecule has 0 unspecified atom stereocenters. The predicted octanol–water partition coefficient (Wildman–Crippen LogP) is 1.53. The van der Waals surface area contributed by atoms with Crippen LogP contribution in [0.2, 0.25) is 0 Å². The zero-order valence-corrected chi connectivity index (χ0v) is 12.4. The molecule has 0 atom stereocenters. The van der Waals surface area contributed by atoms with Gasteiger partial charge in [-0.05, 0) is 28.8 Å². The van der Waals surface area contributed by atoms with E-state index < -0.39 is 0 Å². The van der Waals surface area contributed by atoms with Crippen molar-refractivity contribution in [3.8, 4) is 0 Å². The van der Waals surface area contributed by atoms with Crippen LogP contribution in [0, 0.1) is 0 Å². The van der Waals surface area contributed by atoms with Gasteiger partial charge in [-0.2, -0.15) is 5.10 Å². The van der Waals surface area contributed by atoms with Crippen LogP contribution in [-0.2, 0) is 26.4 Å². The van der Waals surface area contributed by atoms with Gasteiger partial charge in [-0.1, -0.05) is 19.1 Å². The molecule has 0 bridgehead atoms. The van der Waals surface area contributed by atoms with Crippen LogP contribution >= 0.6 is 15.9 Å². The molecule has 0 radical (unpaired) electrons. The summed E-state index contributed by atoms with van der Waals surface area (Å²) >= 11 is 3.60. The first-order chi connectivity index (χ1) is 8.58. The van der Waals surface area contributed by atoms with Gasteiger partial charge in [0.15, 0.2) is 5.82 Å². The summed E-state index contributed by atoms with van der Waals surface area (Å²) in [4.78, 5) is 0. The van der Waals surface area contributed by atoms with Crippen molar-refractivity contribution in [1.82, 2.24) is 24.8 Å². The standard InChI is InChI=1S/C11H17BrN6/c1-4-7-10(12)9(17(3)15-7)6-18-8(5-2)11(13)14-16-18/h4-6,13H2,1-3H3. The van der Waals surface area contributed by atoms with Crippen LogP contribution in [0.15, 0.2) is 4.47 Å². The first-order valence-corrected chi connectivity index (χ1v) is 6.75. The number of hydrogen-bond acceptors (Lipinski definition) is 4. The van der Waals surface area contributed by atoms with Crippen LogP contribution in [0.3, 0.4) is 0 Å². The molecule has 2 aromatic rings. The number of nitrogen functional groups attached to an aromatic ring is 1. The summed E-state index contributed by atoms with van der Waals surface area (Å²) in [5.41, 5.74) is 8.87. The fourth-order valence-electron chi connectivity index (χ4n) is 1.97. The number of aryl methyl sites for hydroxylation is 2. The first kappa shape index (κ1) is 13.1. The highest BCUT2D eigenvalue weighted by atomic mass is 79.9. The van der Waals surface area contributed by atoms with Crippen molar-refractivity contribution in [3.05, 3.63) is 21.6 Å². The molecule has 98 valence electrons. The van der Waals surface area contributed by atoms with Crippen LogP contribution in [0.4, 0.5) is 5.82 Å². The van der Waals surface area contributed by atoms with Crippen LogP contribution < -0.4 is 5.73 Å². The molecule has 0 saturated heterocycles. The molecule has 2 rings (SSSR count). The smallest absolute Gasteiger partial charge is 0.169 e. The van der Waals surface area contributed by atoms with E-state index in [9.17, 15) is 0 Å². The van der Waals surface area contributed by atoms with E-state index in [0.29, 0.717) is 12.4 Å². The minimum Gasteiger partial charge on any atom is -0.381 e. The SMILES string of the molecule is CCc1nn(C)c(Cn2nnc(N)c2CC)c1Br. The van der Waals surface area contributed by atoms with E-state index >= 15 is 0 Å².